The van der Waals surface area contributed by atoms with Gasteiger partial charge in [0.25, 0.3) is 5.91 Å². The van der Waals surface area contributed by atoms with Gasteiger partial charge in [0.15, 0.2) is 12.4 Å². The van der Waals surface area contributed by atoms with E-state index in [2.05, 4.69) is 15.2 Å². The molecule has 1 aromatic carbocycles. The number of ether oxygens (including phenoxy) is 1. The van der Waals surface area contributed by atoms with Gasteiger partial charge < -0.3 is 9.64 Å². The first-order chi connectivity index (χ1) is 12.0. The highest BCUT2D eigenvalue weighted by Crippen LogP contribution is 2.33. The monoisotopic (exact) mass is 360 g/mol. The van der Waals surface area contributed by atoms with Gasteiger partial charge in [-0.25, -0.2) is 4.98 Å². The van der Waals surface area contributed by atoms with Gasteiger partial charge in [-0.1, -0.05) is 25.6 Å². The predicted molar refractivity (Wildman–Crippen MR) is 95.5 cm³/mol. The number of benzene rings is 1. The van der Waals surface area contributed by atoms with Gasteiger partial charge in [0, 0.05) is 18.0 Å². The van der Waals surface area contributed by atoms with Crippen LogP contribution >= 0.6 is 11.8 Å². The summed E-state index contributed by atoms with van der Waals surface area (Å²) in [4.78, 5) is 30.4. The van der Waals surface area contributed by atoms with Crippen LogP contribution in [0.25, 0.3) is 0 Å². The molecule has 0 aliphatic carbocycles. The summed E-state index contributed by atoms with van der Waals surface area (Å²) >= 11 is 1.29. The van der Waals surface area contributed by atoms with E-state index in [4.69, 9.17) is 4.74 Å². The number of H-pyrrole nitrogens is 1. The summed E-state index contributed by atoms with van der Waals surface area (Å²) in [5.41, 5.74) is 1.19. The number of ketones is 1. The topological polar surface area (TPSA) is 88.2 Å². The number of likely N-dealkylation sites (N-methyl/N-ethyl adjacent to an activating group) is 1. The number of Topliss-reactive ketones (excluding diaryl/α,β-unsaturated/α-hetero) is 1. The summed E-state index contributed by atoms with van der Waals surface area (Å²) in [6.07, 6.45) is 0. The lowest BCUT2D eigenvalue weighted by atomic mass is 10.1. The number of rotatable bonds is 6. The summed E-state index contributed by atoms with van der Waals surface area (Å²) in [5, 5.41) is 7.54. The van der Waals surface area contributed by atoms with Crippen molar-refractivity contribution in [1.29, 1.82) is 0 Å². The van der Waals surface area contributed by atoms with Gasteiger partial charge in [-0.3, -0.25) is 14.7 Å². The first-order valence-corrected chi connectivity index (χ1v) is 9.13. The lowest BCUT2D eigenvalue weighted by Crippen LogP contribution is -2.38. The maximum atomic E-state index is 12.5. The van der Waals surface area contributed by atoms with E-state index in [-0.39, 0.29) is 30.0 Å². The van der Waals surface area contributed by atoms with E-state index in [1.54, 1.807) is 23.1 Å². The van der Waals surface area contributed by atoms with Crippen molar-refractivity contribution < 1.29 is 14.3 Å². The van der Waals surface area contributed by atoms with Gasteiger partial charge in [-0.2, -0.15) is 0 Å². The van der Waals surface area contributed by atoms with Crippen molar-refractivity contribution in [2.75, 3.05) is 23.8 Å². The summed E-state index contributed by atoms with van der Waals surface area (Å²) in [6.45, 7) is 6.52. The van der Waals surface area contributed by atoms with Crippen LogP contribution in [0.4, 0.5) is 5.69 Å². The van der Waals surface area contributed by atoms with Crippen molar-refractivity contribution in [2.45, 2.75) is 31.8 Å². The van der Waals surface area contributed by atoms with Crippen LogP contribution < -0.4 is 9.64 Å². The third kappa shape index (κ3) is 3.68. The molecule has 0 saturated carbocycles. The van der Waals surface area contributed by atoms with E-state index in [9.17, 15) is 9.59 Å². The SMILES string of the molecule is CCN1C(=O)COc2ccc(C(=O)CSc3n[nH]c(C(C)C)n3)cc21. The highest BCUT2D eigenvalue weighted by molar-refractivity contribution is 7.99. The van der Waals surface area contributed by atoms with E-state index in [0.29, 0.717) is 28.7 Å². The number of aromatic amines is 1. The maximum Gasteiger partial charge on any atom is 0.265 e. The molecule has 1 aliphatic heterocycles. The normalized spacial score (nSPS) is 13.8. The standard InChI is InChI=1S/C17H20N4O3S/c1-4-21-12-7-11(5-6-14(12)24-8-15(21)23)13(22)9-25-17-18-16(10(2)3)19-20-17/h5-7,10H,4,8-9H2,1-3H3,(H,18,19,20). The zero-order valence-electron chi connectivity index (χ0n) is 14.4. The van der Waals surface area contributed by atoms with Gasteiger partial charge in [0.2, 0.25) is 5.16 Å². The molecule has 1 N–H and O–H groups in total. The molecular weight excluding hydrogens is 340 g/mol. The van der Waals surface area contributed by atoms with Crippen molar-refractivity contribution in [3.8, 4) is 5.75 Å². The molecule has 2 heterocycles. The maximum absolute atomic E-state index is 12.5. The van der Waals surface area contributed by atoms with Crippen LogP contribution in [0.3, 0.4) is 0 Å². The van der Waals surface area contributed by atoms with Crippen molar-refractivity contribution in [3.63, 3.8) is 0 Å². The molecule has 25 heavy (non-hydrogen) atoms. The molecule has 0 radical (unpaired) electrons. The van der Waals surface area contributed by atoms with E-state index >= 15 is 0 Å². The van der Waals surface area contributed by atoms with Crippen molar-refractivity contribution in [3.05, 3.63) is 29.6 Å². The van der Waals surface area contributed by atoms with Crippen LogP contribution in [-0.4, -0.2) is 45.8 Å². The fourth-order valence-electron chi connectivity index (χ4n) is 2.52. The number of anilines is 1. The summed E-state index contributed by atoms with van der Waals surface area (Å²) in [5.74, 6) is 1.78. The predicted octanol–water partition coefficient (Wildman–Crippen LogP) is 2.65. The molecule has 132 valence electrons. The number of thioether (sulfide) groups is 1. The Balaban J connectivity index is 1.72. The number of hydrogen-bond acceptors (Lipinski definition) is 6. The lowest BCUT2D eigenvalue weighted by molar-refractivity contribution is -0.121. The number of aromatic nitrogens is 3. The second-order valence-corrected chi connectivity index (χ2v) is 6.92. The first kappa shape index (κ1) is 17.5. The van der Waals surface area contributed by atoms with Gasteiger partial charge >= 0.3 is 0 Å². The number of hydrogen-bond donors (Lipinski definition) is 1. The summed E-state index contributed by atoms with van der Waals surface area (Å²) < 4.78 is 5.43. The van der Waals surface area contributed by atoms with Crippen LogP contribution in [0.1, 0.15) is 42.9 Å². The zero-order chi connectivity index (χ0) is 18.0. The average molecular weight is 360 g/mol. The molecule has 0 unspecified atom stereocenters. The molecule has 0 fully saturated rings. The second kappa shape index (κ2) is 7.26. The Labute approximate surface area is 150 Å². The first-order valence-electron chi connectivity index (χ1n) is 8.15. The van der Waals surface area contributed by atoms with Crippen LogP contribution in [0.2, 0.25) is 0 Å². The van der Waals surface area contributed by atoms with Crippen molar-refractivity contribution in [1.82, 2.24) is 15.2 Å². The molecule has 0 saturated heterocycles. The van der Waals surface area contributed by atoms with Crippen LogP contribution in [-0.2, 0) is 4.79 Å². The molecule has 3 rings (SSSR count). The Morgan fingerprint density at radius 1 is 1.44 bits per heavy atom. The smallest absolute Gasteiger partial charge is 0.265 e. The minimum Gasteiger partial charge on any atom is -0.482 e. The minimum atomic E-state index is -0.101. The largest absolute Gasteiger partial charge is 0.482 e. The van der Waals surface area contributed by atoms with Gasteiger partial charge in [-0.05, 0) is 25.1 Å². The molecule has 8 heteroatoms. The molecule has 0 atom stereocenters. The van der Waals surface area contributed by atoms with E-state index in [1.165, 1.54) is 11.8 Å². The zero-order valence-corrected chi connectivity index (χ0v) is 15.2. The number of nitrogens with zero attached hydrogens (tertiary/aromatic N) is 3. The van der Waals surface area contributed by atoms with Crippen molar-refractivity contribution >= 4 is 29.1 Å². The van der Waals surface area contributed by atoms with E-state index < -0.39 is 0 Å². The number of carbonyl (C=O) groups is 2. The molecule has 1 amide bonds. The Hall–Kier alpha value is -2.35. The van der Waals surface area contributed by atoms with Gasteiger partial charge in [0.1, 0.15) is 11.6 Å². The molecule has 2 aromatic rings. The van der Waals surface area contributed by atoms with Crippen LogP contribution in [0.15, 0.2) is 23.4 Å². The molecule has 1 aliphatic rings. The average Bonchev–Trinajstić information content (AvgIpc) is 3.08. The Bertz CT molecular complexity index is 803. The summed E-state index contributed by atoms with van der Waals surface area (Å²) in [7, 11) is 0. The number of fused-ring (bicyclic) bond motifs is 1. The highest BCUT2D eigenvalue weighted by Gasteiger charge is 2.25. The van der Waals surface area contributed by atoms with Gasteiger partial charge in [-0.15, -0.1) is 5.10 Å². The van der Waals surface area contributed by atoms with E-state index in [1.807, 2.05) is 20.8 Å². The van der Waals surface area contributed by atoms with Crippen LogP contribution in [0, 0.1) is 0 Å². The molecule has 1 aromatic heterocycles. The Morgan fingerprint density at radius 3 is 2.92 bits per heavy atom. The van der Waals surface area contributed by atoms with Crippen molar-refractivity contribution in [2.24, 2.45) is 0 Å². The molecule has 7 nitrogen and oxygen atoms in total. The molecular formula is C17H20N4O3S. The molecule has 0 bridgehead atoms. The fraction of sp³-hybridized carbons (Fsp3) is 0.412. The van der Waals surface area contributed by atoms with Gasteiger partial charge in [0.05, 0.1) is 11.4 Å². The molecule has 0 spiro atoms. The Kier molecular flexibility index (Phi) is 5.08. The Morgan fingerprint density at radius 2 is 2.24 bits per heavy atom. The number of carbonyl (C=O) groups excluding carboxylic acids is 2. The quantitative estimate of drug-likeness (QED) is 0.629. The fourth-order valence-corrected chi connectivity index (χ4v) is 3.22. The highest BCUT2D eigenvalue weighted by atomic mass is 32.2. The van der Waals surface area contributed by atoms with Crippen LogP contribution in [0.5, 0.6) is 5.75 Å². The number of nitrogens with one attached hydrogen (secondary N) is 1. The third-order valence-electron chi connectivity index (χ3n) is 3.90. The lowest BCUT2D eigenvalue weighted by Gasteiger charge is -2.28. The summed E-state index contributed by atoms with van der Waals surface area (Å²) in [6, 6.07) is 5.19. The second-order valence-electron chi connectivity index (χ2n) is 5.98. The van der Waals surface area contributed by atoms with E-state index in [0.717, 1.165) is 5.82 Å². The third-order valence-corrected chi connectivity index (χ3v) is 4.75. The number of amides is 1. The minimum absolute atomic E-state index is 0.0347.